The van der Waals surface area contributed by atoms with Gasteiger partial charge < -0.3 is 20.8 Å². The van der Waals surface area contributed by atoms with Crippen molar-refractivity contribution < 1.29 is 24.6 Å². The first kappa shape index (κ1) is 23.8. The third-order valence-electron chi connectivity index (χ3n) is 5.61. The third kappa shape index (κ3) is 6.81. The van der Waals surface area contributed by atoms with E-state index in [1.165, 1.54) is 4.90 Å². The normalized spacial score (nSPS) is 18.2. The number of nitrogens with zero attached hydrogens (tertiary/aromatic N) is 1. The van der Waals surface area contributed by atoms with Crippen molar-refractivity contribution >= 4 is 17.8 Å². The van der Waals surface area contributed by atoms with E-state index >= 15 is 0 Å². The van der Waals surface area contributed by atoms with Crippen molar-refractivity contribution in [3.8, 4) is 0 Å². The van der Waals surface area contributed by atoms with Gasteiger partial charge in [-0.25, -0.2) is 4.79 Å². The van der Waals surface area contributed by atoms with Crippen molar-refractivity contribution in [2.75, 3.05) is 13.1 Å². The quantitative estimate of drug-likeness (QED) is 0.378. The molecule has 0 aliphatic carbocycles. The van der Waals surface area contributed by atoms with Crippen LogP contribution >= 0.6 is 0 Å². The summed E-state index contributed by atoms with van der Waals surface area (Å²) in [4.78, 5) is 37.8. The molecule has 5 N–H and O–H groups in total. The lowest BCUT2D eigenvalue weighted by Crippen LogP contribution is -2.54. The van der Waals surface area contributed by atoms with Crippen LogP contribution in [0.1, 0.15) is 49.7 Å². The number of nitrogens with two attached hydrogens (primary N) is 1. The van der Waals surface area contributed by atoms with Gasteiger partial charge in [0.1, 0.15) is 12.1 Å². The molecular weight excluding hydrogens is 386 g/mol. The number of likely N-dealkylation sites (tertiary alicyclic amines) is 1. The van der Waals surface area contributed by atoms with Crippen LogP contribution in [0.2, 0.25) is 0 Å². The molecule has 3 atom stereocenters. The summed E-state index contributed by atoms with van der Waals surface area (Å²) in [7, 11) is 0. The third-order valence-corrected chi connectivity index (χ3v) is 5.61. The average molecular weight is 420 g/mol. The van der Waals surface area contributed by atoms with Gasteiger partial charge in [-0.2, -0.15) is 0 Å². The van der Waals surface area contributed by atoms with E-state index in [1.54, 1.807) is 0 Å². The van der Waals surface area contributed by atoms with E-state index in [0.717, 1.165) is 17.5 Å². The van der Waals surface area contributed by atoms with Gasteiger partial charge in [-0.15, -0.1) is 0 Å². The number of carbonyl (C=O) groups is 3. The van der Waals surface area contributed by atoms with Gasteiger partial charge >= 0.3 is 11.9 Å². The van der Waals surface area contributed by atoms with Crippen LogP contribution in [0.15, 0.2) is 24.3 Å². The molecule has 1 heterocycles. The Balaban J connectivity index is 2.08. The molecule has 166 valence electrons. The molecule has 0 spiro atoms. The summed E-state index contributed by atoms with van der Waals surface area (Å²) in [5, 5.41) is 22.1. The van der Waals surface area contributed by atoms with Gasteiger partial charge in [0.05, 0.1) is 6.04 Å². The highest BCUT2D eigenvalue weighted by molar-refractivity contribution is 5.88. The minimum atomic E-state index is -1.02. The Morgan fingerprint density at radius 2 is 1.83 bits per heavy atom. The van der Waals surface area contributed by atoms with Crippen LogP contribution in [0.3, 0.4) is 0 Å². The van der Waals surface area contributed by atoms with E-state index in [4.69, 9.17) is 5.73 Å². The van der Waals surface area contributed by atoms with Crippen molar-refractivity contribution in [2.45, 2.75) is 70.0 Å². The SMILES string of the molecule is Cc1ccc(CCC(NC(CCCCN)C(=O)N2CCCC2C(=O)O)C(=O)O)cc1. The molecule has 8 heteroatoms. The summed E-state index contributed by atoms with van der Waals surface area (Å²) in [6, 6.07) is 5.43. The Morgan fingerprint density at radius 1 is 1.13 bits per heavy atom. The molecule has 0 bridgehead atoms. The smallest absolute Gasteiger partial charge is 0.326 e. The molecule has 3 unspecified atom stereocenters. The van der Waals surface area contributed by atoms with Crippen molar-refractivity contribution in [3.63, 3.8) is 0 Å². The first-order chi connectivity index (χ1) is 14.3. The van der Waals surface area contributed by atoms with Gasteiger partial charge in [0.15, 0.2) is 0 Å². The summed E-state index contributed by atoms with van der Waals surface area (Å²) in [6.07, 6.45) is 3.76. The molecule has 30 heavy (non-hydrogen) atoms. The summed E-state index contributed by atoms with van der Waals surface area (Å²) in [5.41, 5.74) is 7.73. The van der Waals surface area contributed by atoms with Crippen LogP contribution < -0.4 is 11.1 Å². The van der Waals surface area contributed by atoms with E-state index < -0.39 is 30.1 Å². The highest BCUT2D eigenvalue weighted by Crippen LogP contribution is 2.20. The highest BCUT2D eigenvalue weighted by atomic mass is 16.4. The monoisotopic (exact) mass is 419 g/mol. The van der Waals surface area contributed by atoms with E-state index in [2.05, 4.69) is 5.32 Å². The fourth-order valence-corrected chi connectivity index (χ4v) is 3.84. The summed E-state index contributed by atoms with van der Waals surface area (Å²) in [6.45, 7) is 2.86. The van der Waals surface area contributed by atoms with Gasteiger partial charge in [0.2, 0.25) is 5.91 Å². The molecule has 1 saturated heterocycles. The molecule has 0 radical (unpaired) electrons. The number of rotatable bonds is 12. The van der Waals surface area contributed by atoms with Gasteiger partial charge in [0, 0.05) is 6.54 Å². The molecule has 1 aromatic carbocycles. The van der Waals surface area contributed by atoms with Crippen molar-refractivity contribution in [1.82, 2.24) is 10.2 Å². The zero-order valence-electron chi connectivity index (χ0n) is 17.5. The van der Waals surface area contributed by atoms with Crippen LogP contribution in [-0.2, 0) is 20.8 Å². The molecule has 1 aliphatic heterocycles. The summed E-state index contributed by atoms with van der Waals surface area (Å²) < 4.78 is 0. The molecule has 1 aliphatic rings. The van der Waals surface area contributed by atoms with Gasteiger partial charge in [0.25, 0.3) is 0 Å². The Bertz CT molecular complexity index is 722. The molecule has 1 aromatic rings. The topological polar surface area (TPSA) is 133 Å². The minimum absolute atomic E-state index is 0.335. The number of carboxylic acids is 2. The standard InChI is InChI=1S/C22H33N3O5/c1-15-7-9-16(10-8-15)11-12-18(21(27)28)24-17(5-2-3-13-23)20(26)25-14-4-6-19(25)22(29)30/h7-10,17-19,24H,2-6,11-14,23H2,1H3,(H,27,28)(H,29,30). The van der Waals surface area contributed by atoms with Gasteiger partial charge in [-0.05, 0) is 57.6 Å². The molecule has 2 rings (SSSR count). The molecule has 1 fully saturated rings. The van der Waals surface area contributed by atoms with Crippen LogP contribution in [0.5, 0.6) is 0 Å². The van der Waals surface area contributed by atoms with Crippen LogP contribution in [0.25, 0.3) is 0 Å². The van der Waals surface area contributed by atoms with E-state index in [0.29, 0.717) is 51.6 Å². The number of benzene rings is 1. The molecule has 8 nitrogen and oxygen atoms in total. The van der Waals surface area contributed by atoms with E-state index in [9.17, 15) is 24.6 Å². The number of hydrogen-bond acceptors (Lipinski definition) is 5. The van der Waals surface area contributed by atoms with Gasteiger partial charge in [-0.3, -0.25) is 14.9 Å². The Kier molecular flexibility index (Phi) is 9.26. The highest BCUT2D eigenvalue weighted by Gasteiger charge is 2.38. The Labute approximate surface area is 177 Å². The molecule has 0 saturated carbocycles. The van der Waals surface area contributed by atoms with Crippen LogP contribution in [0.4, 0.5) is 0 Å². The zero-order valence-corrected chi connectivity index (χ0v) is 17.5. The lowest BCUT2D eigenvalue weighted by Gasteiger charge is -2.29. The fraction of sp³-hybridized carbons (Fsp3) is 0.591. The number of aryl methyl sites for hydroxylation is 2. The maximum Gasteiger partial charge on any atom is 0.326 e. The Morgan fingerprint density at radius 3 is 2.43 bits per heavy atom. The number of carbonyl (C=O) groups excluding carboxylic acids is 1. The minimum Gasteiger partial charge on any atom is -0.480 e. The maximum atomic E-state index is 13.1. The lowest BCUT2D eigenvalue weighted by molar-refractivity contribution is -0.149. The number of amides is 1. The predicted octanol–water partition coefficient (Wildman–Crippen LogP) is 1.54. The average Bonchev–Trinajstić information content (AvgIpc) is 3.20. The van der Waals surface area contributed by atoms with Crippen molar-refractivity contribution in [2.24, 2.45) is 5.73 Å². The lowest BCUT2D eigenvalue weighted by atomic mass is 10.0. The first-order valence-corrected chi connectivity index (χ1v) is 10.6. The summed E-state index contributed by atoms with van der Waals surface area (Å²) in [5.74, 6) is -2.37. The van der Waals surface area contributed by atoms with Crippen molar-refractivity contribution in [3.05, 3.63) is 35.4 Å². The molecular formula is C22H33N3O5. The van der Waals surface area contributed by atoms with Crippen LogP contribution in [-0.4, -0.2) is 64.2 Å². The molecule has 1 amide bonds. The second-order valence-electron chi connectivity index (χ2n) is 7.95. The first-order valence-electron chi connectivity index (χ1n) is 10.6. The number of nitrogens with one attached hydrogen (secondary N) is 1. The van der Waals surface area contributed by atoms with Crippen molar-refractivity contribution in [1.29, 1.82) is 0 Å². The van der Waals surface area contributed by atoms with Gasteiger partial charge in [-0.1, -0.05) is 36.2 Å². The van der Waals surface area contributed by atoms with Crippen LogP contribution in [0, 0.1) is 6.92 Å². The predicted molar refractivity (Wildman–Crippen MR) is 113 cm³/mol. The largest absolute Gasteiger partial charge is 0.480 e. The maximum absolute atomic E-state index is 13.1. The second-order valence-corrected chi connectivity index (χ2v) is 7.95. The zero-order chi connectivity index (χ0) is 22.1. The number of carboxylic acid groups (broad SMARTS) is 2. The van der Waals surface area contributed by atoms with E-state index in [-0.39, 0.29) is 5.91 Å². The number of unbranched alkanes of at least 4 members (excludes halogenated alkanes) is 1. The summed E-state index contributed by atoms with van der Waals surface area (Å²) >= 11 is 0. The Hall–Kier alpha value is -2.45. The molecule has 0 aromatic heterocycles. The number of aliphatic carboxylic acids is 2. The fourth-order valence-electron chi connectivity index (χ4n) is 3.84. The number of hydrogen-bond donors (Lipinski definition) is 4. The second kappa shape index (κ2) is 11.7. The van der Waals surface area contributed by atoms with E-state index in [1.807, 2.05) is 31.2 Å².